The van der Waals surface area contributed by atoms with E-state index in [0.717, 1.165) is 32.5 Å². The number of nitrogens with zero attached hydrogens (tertiary/aromatic N) is 1. The zero-order valence-corrected chi connectivity index (χ0v) is 9.38. The summed E-state index contributed by atoms with van der Waals surface area (Å²) in [6, 6.07) is 0. The number of unbranched alkanes of at least 4 members (excludes halogenated alkanes) is 1. The molecular formula is C11H22N2O. The van der Waals surface area contributed by atoms with E-state index in [1.807, 2.05) is 0 Å². The van der Waals surface area contributed by atoms with Gasteiger partial charge in [0.25, 0.3) is 0 Å². The molecule has 0 spiro atoms. The summed E-state index contributed by atoms with van der Waals surface area (Å²) in [7, 11) is 0. The summed E-state index contributed by atoms with van der Waals surface area (Å²) in [6.45, 7) is 7.09. The Bertz CT molecular complexity index is 178. The van der Waals surface area contributed by atoms with Gasteiger partial charge >= 0.3 is 0 Å². The second-order valence-corrected chi connectivity index (χ2v) is 3.99. The lowest BCUT2D eigenvalue weighted by atomic mass is 10.3. The van der Waals surface area contributed by atoms with E-state index < -0.39 is 0 Å². The van der Waals surface area contributed by atoms with E-state index in [9.17, 15) is 0 Å². The van der Waals surface area contributed by atoms with Gasteiger partial charge in [0.2, 0.25) is 0 Å². The Labute approximate surface area is 86.9 Å². The molecule has 0 amide bonds. The first-order valence-electron chi connectivity index (χ1n) is 5.68. The first kappa shape index (κ1) is 11.5. The van der Waals surface area contributed by atoms with Crippen LogP contribution in [0.2, 0.25) is 0 Å². The van der Waals surface area contributed by atoms with Crippen LogP contribution in [0.15, 0.2) is 4.99 Å². The molecule has 82 valence electrons. The molecule has 0 fully saturated rings. The van der Waals surface area contributed by atoms with Crippen LogP contribution in [0.5, 0.6) is 0 Å². The molecule has 1 aliphatic heterocycles. The molecule has 0 atom stereocenters. The van der Waals surface area contributed by atoms with E-state index >= 15 is 0 Å². The number of ether oxygens (including phenoxy) is 1. The maximum atomic E-state index is 5.46. The lowest BCUT2D eigenvalue weighted by molar-refractivity contribution is 0.0762. The number of amidine groups is 1. The molecule has 0 aromatic heterocycles. The molecule has 3 heteroatoms. The molecule has 14 heavy (non-hydrogen) atoms. The highest BCUT2D eigenvalue weighted by atomic mass is 16.5. The van der Waals surface area contributed by atoms with E-state index in [0.29, 0.717) is 6.10 Å². The van der Waals surface area contributed by atoms with Gasteiger partial charge < -0.3 is 10.1 Å². The Hall–Kier alpha value is -0.570. The Morgan fingerprint density at radius 2 is 2.29 bits per heavy atom. The highest BCUT2D eigenvalue weighted by Crippen LogP contribution is 2.01. The number of aliphatic imine (C=N–C) groups is 1. The van der Waals surface area contributed by atoms with Crippen LogP contribution >= 0.6 is 0 Å². The van der Waals surface area contributed by atoms with Crippen molar-refractivity contribution in [2.75, 3.05) is 19.7 Å². The molecule has 0 radical (unpaired) electrons. The van der Waals surface area contributed by atoms with Crippen LogP contribution in [0, 0.1) is 0 Å². The second-order valence-electron chi connectivity index (χ2n) is 3.99. The van der Waals surface area contributed by atoms with Gasteiger partial charge in [-0.3, -0.25) is 4.99 Å². The number of hydrogen-bond acceptors (Lipinski definition) is 3. The van der Waals surface area contributed by atoms with Crippen molar-refractivity contribution in [3.8, 4) is 0 Å². The van der Waals surface area contributed by atoms with Gasteiger partial charge in [0, 0.05) is 26.1 Å². The van der Waals surface area contributed by atoms with Crippen molar-refractivity contribution in [1.82, 2.24) is 5.32 Å². The van der Waals surface area contributed by atoms with Crippen molar-refractivity contribution in [2.45, 2.75) is 45.6 Å². The Morgan fingerprint density at radius 3 is 2.93 bits per heavy atom. The van der Waals surface area contributed by atoms with E-state index in [1.54, 1.807) is 0 Å². The summed E-state index contributed by atoms with van der Waals surface area (Å²) in [5.74, 6) is 1.20. The quantitative estimate of drug-likeness (QED) is 0.662. The summed E-state index contributed by atoms with van der Waals surface area (Å²) >= 11 is 0. The number of hydrogen-bond donors (Lipinski definition) is 1. The lowest BCUT2D eigenvalue weighted by Crippen LogP contribution is -2.22. The van der Waals surface area contributed by atoms with Crippen molar-refractivity contribution in [3.05, 3.63) is 0 Å². The van der Waals surface area contributed by atoms with Crippen LogP contribution in [0.25, 0.3) is 0 Å². The van der Waals surface area contributed by atoms with Crippen LogP contribution in [-0.2, 0) is 4.74 Å². The summed E-state index contributed by atoms with van der Waals surface area (Å²) in [5, 5.41) is 3.36. The van der Waals surface area contributed by atoms with Crippen LogP contribution < -0.4 is 5.32 Å². The normalized spacial score (nSPS) is 16.1. The maximum absolute atomic E-state index is 5.46. The van der Waals surface area contributed by atoms with Crippen molar-refractivity contribution in [2.24, 2.45) is 4.99 Å². The van der Waals surface area contributed by atoms with Crippen molar-refractivity contribution in [1.29, 1.82) is 0 Å². The molecule has 0 unspecified atom stereocenters. The summed E-state index contributed by atoms with van der Waals surface area (Å²) in [4.78, 5) is 4.36. The van der Waals surface area contributed by atoms with E-state index in [2.05, 4.69) is 24.2 Å². The van der Waals surface area contributed by atoms with Crippen LogP contribution in [-0.4, -0.2) is 31.6 Å². The predicted octanol–water partition coefficient (Wildman–Crippen LogP) is 1.97. The highest BCUT2D eigenvalue weighted by Gasteiger charge is 2.03. The van der Waals surface area contributed by atoms with Crippen LogP contribution in [0.3, 0.4) is 0 Å². The fourth-order valence-electron chi connectivity index (χ4n) is 1.46. The Morgan fingerprint density at radius 1 is 1.43 bits per heavy atom. The molecule has 0 saturated heterocycles. The van der Waals surface area contributed by atoms with Crippen molar-refractivity contribution < 1.29 is 4.74 Å². The molecule has 1 aliphatic rings. The number of rotatable bonds is 6. The molecule has 1 rings (SSSR count). The molecule has 0 aliphatic carbocycles. The fraction of sp³-hybridized carbons (Fsp3) is 0.909. The van der Waals surface area contributed by atoms with Gasteiger partial charge in [0.15, 0.2) is 0 Å². The van der Waals surface area contributed by atoms with E-state index in [1.165, 1.54) is 18.7 Å². The predicted molar refractivity (Wildman–Crippen MR) is 59.9 cm³/mol. The molecule has 0 aromatic rings. The zero-order chi connectivity index (χ0) is 10.2. The molecule has 1 N–H and O–H groups in total. The minimum atomic E-state index is 0.363. The minimum Gasteiger partial charge on any atom is -0.379 e. The summed E-state index contributed by atoms with van der Waals surface area (Å²) in [6.07, 6.45) is 5.04. The zero-order valence-electron chi connectivity index (χ0n) is 9.38. The molecule has 0 bridgehead atoms. The highest BCUT2D eigenvalue weighted by molar-refractivity contribution is 5.83. The first-order valence-corrected chi connectivity index (χ1v) is 5.68. The van der Waals surface area contributed by atoms with Gasteiger partial charge in [-0.25, -0.2) is 0 Å². The van der Waals surface area contributed by atoms with E-state index in [-0.39, 0.29) is 0 Å². The van der Waals surface area contributed by atoms with Crippen molar-refractivity contribution in [3.63, 3.8) is 0 Å². The van der Waals surface area contributed by atoms with Gasteiger partial charge in [0.1, 0.15) is 0 Å². The number of nitrogens with one attached hydrogen (secondary N) is 1. The average Bonchev–Trinajstić information content (AvgIpc) is 2.63. The van der Waals surface area contributed by atoms with Crippen LogP contribution in [0.4, 0.5) is 0 Å². The van der Waals surface area contributed by atoms with Crippen molar-refractivity contribution >= 4 is 5.84 Å². The SMILES string of the molecule is CC(C)OCCCCNC1=NCCC1. The molecule has 3 nitrogen and oxygen atoms in total. The minimum absolute atomic E-state index is 0.363. The third kappa shape index (κ3) is 5.22. The molecule has 0 aromatic carbocycles. The first-order chi connectivity index (χ1) is 6.79. The Kier molecular flexibility index (Phi) is 5.60. The summed E-state index contributed by atoms with van der Waals surface area (Å²) in [5.41, 5.74) is 0. The Balaban J connectivity index is 1.84. The van der Waals surface area contributed by atoms with Gasteiger partial charge in [-0.2, -0.15) is 0 Å². The maximum Gasteiger partial charge on any atom is 0.0963 e. The largest absolute Gasteiger partial charge is 0.379 e. The smallest absolute Gasteiger partial charge is 0.0963 e. The molecular weight excluding hydrogens is 176 g/mol. The standard InChI is InChI=1S/C11H22N2O/c1-10(2)14-9-4-3-7-12-11-6-5-8-13-11/h10H,3-9H2,1-2H3,(H,12,13). The van der Waals surface area contributed by atoms with E-state index in [4.69, 9.17) is 4.74 Å². The van der Waals surface area contributed by atoms with Gasteiger partial charge in [-0.1, -0.05) is 0 Å². The third-order valence-corrected chi connectivity index (χ3v) is 2.23. The topological polar surface area (TPSA) is 33.6 Å². The average molecular weight is 198 g/mol. The fourth-order valence-corrected chi connectivity index (χ4v) is 1.46. The molecule has 0 saturated carbocycles. The van der Waals surface area contributed by atoms with Crippen LogP contribution in [0.1, 0.15) is 39.5 Å². The monoisotopic (exact) mass is 198 g/mol. The summed E-state index contributed by atoms with van der Waals surface area (Å²) < 4.78 is 5.46. The van der Waals surface area contributed by atoms with Gasteiger partial charge in [-0.15, -0.1) is 0 Å². The third-order valence-electron chi connectivity index (χ3n) is 2.23. The lowest BCUT2D eigenvalue weighted by Gasteiger charge is -2.08. The molecule has 1 heterocycles. The second kappa shape index (κ2) is 6.82. The van der Waals surface area contributed by atoms with Gasteiger partial charge in [-0.05, 0) is 33.1 Å². The van der Waals surface area contributed by atoms with Gasteiger partial charge in [0.05, 0.1) is 11.9 Å².